The van der Waals surface area contributed by atoms with Gasteiger partial charge in [0.2, 0.25) is 0 Å². The van der Waals surface area contributed by atoms with Crippen molar-refractivity contribution < 1.29 is 42.0 Å². The van der Waals surface area contributed by atoms with Crippen LogP contribution in [0.15, 0.2) is 0 Å². The van der Waals surface area contributed by atoms with Gasteiger partial charge in [-0.05, 0) is 0 Å². The van der Waals surface area contributed by atoms with E-state index in [0.29, 0.717) is 5.92 Å². The van der Waals surface area contributed by atoms with Crippen LogP contribution in [0.25, 0.3) is 0 Å². The van der Waals surface area contributed by atoms with Crippen molar-refractivity contribution in [3.8, 4) is 0 Å². The Balaban J connectivity index is -0.000000173. The fourth-order valence-electron chi connectivity index (χ4n) is 0.697. The summed E-state index contributed by atoms with van der Waals surface area (Å²) in [7, 11) is -2.62. The van der Waals surface area contributed by atoms with Crippen molar-refractivity contribution in [1.82, 2.24) is 0 Å². The third kappa shape index (κ3) is 31.9. The van der Waals surface area contributed by atoms with Crippen molar-refractivity contribution in [2.24, 2.45) is 5.92 Å². The van der Waals surface area contributed by atoms with Gasteiger partial charge in [-0.3, -0.25) is 0 Å². The minimum atomic E-state index is -2.62. The van der Waals surface area contributed by atoms with Crippen molar-refractivity contribution in [2.45, 2.75) is 39.5 Å². The second-order valence-electron chi connectivity index (χ2n) is 2.68. The van der Waals surface area contributed by atoms with Crippen LogP contribution in [0, 0.1) is 12.8 Å². The first-order valence-electron chi connectivity index (χ1n) is 4.24. The van der Waals surface area contributed by atoms with Gasteiger partial charge in [0, 0.05) is 27.3 Å². The molecule has 0 aromatic carbocycles. The van der Waals surface area contributed by atoms with E-state index in [9.17, 15) is 0 Å². The van der Waals surface area contributed by atoms with E-state index in [1.54, 1.807) is 0 Å². The van der Waals surface area contributed by atoms with Gasteiger partial charge in [-0.1, -0.05) is 39.5 Å². The Hall–Kier alpha value is 1.23. The van der Waals surface area contributed by atoms with E-state index in [0.717, 1.165) is 0 Å². The molecule has 0 aliphatic heterocycles. The molecule has 0 aliphatic rings. The molecule has 0 saturated carbocycles. The second kappa shape index (κ2) is 15.7. The van der Waals surface area contributed by atoms with Crippen LogP contribution in [0.2, 0.25) is 0 Å². The van der Waals surface area contributed by atoms with Crippen molar-refractivity contribution in [3.05, 3.63) is 6.92 Å². The average molecular weight is 308 g/mol. The summed E-state index contributed by atoms with van der Waals surface area (Å²) in [6, 6.07) is 0. The van der Waals surface area contributed by atoms with Crippen LogP contribution in [-0.2, 0) is 27.3 Å². The Kier molecular flexibility index (Phi) is 23.8. The summed E-state index contributed by atoms with van der Waals surface area (Å²) in [5.41, 5.74) is 0. The van der Waals surface area contributed by atoms with Gasteiger partial charge in [0.05, 0.1) is 0 Å². The van der Waals surface area contributed by atoms with Gasteiger partial charge in [0.25, 0.3) is 0 Å². The molecule has 3 N–H and O–H groups in total. The van der Waals surface area contributed by atoms with E-state index < -0.39 is 8.60 Å². The van der Waals surface area contributed by atoms with E-state index in [2.05, 4.69) is 20.8 Å². The smallest absolute Gasteiger partial charge is 0.324 e. The first-order valence-corrected chi connectivity index (χ1v) is 5.44. The Morgan fingerprint density at radius 1 is 1.23 bits per heavy atom. The number of unbranched alkanes of at least 4 members (excludes halogenated alkanes) is 1. The molecule has 3 nitrogen and oxygen atoms in total. The molecule has 0 heterocycles. The quantitative estimate of drug-likeness (QED) is 0.424. The summed E-state index contributed by atoms with van der Waals surface area (Å²) >= 11 is 0. The van der Waals surface area contributed by atoms with Crippen molar-refractivity contribution in [1.29, 1.82) is 0 Å². The topological polar surface area (TPSA) is 60.7 Å². The Morgan fingerprint density at radius 2 is 1.62 bits per heavy atom. The molecule has 13 heavy (non-hydrogen) atoms. The normalized spacial score (nSPS) is 11.3. The molecule has 0 fully saturated rings. The molecule has 0 spiro atoms. The Labute approximate surface area is 103 Å². The Bertz CT molecular complexity index is 81.0. The van der Waals surface area contributed by atoms with E-state index in [4.69, 9.17) is 14.7 Å². The molecular formula is C8H20CdO3P-. The zero-order chi connectivity index (χ0) is 9.98. The van der Waals surface area contributed by atoms with Gasteiger partial charge in [0.1, 0.15) is 0 Å². The van der Waals surface area contributed by atoms with Gasteiger partial charge < -0.3 is 21.6 Å². The number of hydrogen-bond donors (Lipinski definition) is 3. The minimum Gasteiger partial charge on any atom is -0.340 e. The molecule has 5 heteroatoms. The van der Waals surface area contributed by atoms with Gasteiger partial charge in [0.15, 0.2) is 0 Å². The van der Waals surface area contributed by atoms with Crippen LogP contribution in [0.1, 0.15) is 39.5 Å². The molecular weight excluding hydrogens is 287 g/mol. The maximum atomic E-state index is 7.23. The van der Waals surface area contributed by atoms with Crippen LogP contribution in [0.4, 0.5) is 0 Å². The monoisotopic (exact) mass is 309 g/mol. The van der Waals surface area contributed by atoms with Crippen molar-refractivity contribution in [2.75, 3.05) is 0 Å². The average Bonchev–Trinajstić information content (AvgIpc) is 1.99. The van der Waals surface area contributed by atoms with Crippen LogP contribution in [0.3, 0.4) is 0 Å². The molecule has 0 aromatic heterocycles. The van der Waals surface area contributed by atoms with Crippen molar-refractivity contribution in [3.63, 3.8) is 0 Å². The van der Waals surface area contributed by atoms with Crippen molar-refractivity contribution >= 4 is 8.60 Å². The first kappa shape index (κ1) is 19.8. The van der Waals surface area contributed by atoms with E-state index in [-0.39, 0.29) is 27.3 Å². The summed E-state index contributed by atoms with van der Waals surface area (Å²) in [4.78, 5) is 21.7. The maximum absolute atomic E-state index is 7.23. The fourth-order valence-corrected chi connectivity index (χ4v) is 0.697. The van der Waals surface area contributed by atoms with E-state index in [1.165, 1.54) is 25.7 Å². The summed E-state index contributed by atoms with van der Waals surface area (Å²) in [6.45, 7) is 8.42. The fraction of sp³-hybridized carbons (Fsp3) is 0.875. The molecule has 0 aromatic rings. The standard InChI is InChI=1S/C8H17.Cd.H3O3P/c1-4-6-7-8(3)5-2;;1-4(2)3/h8H,3-7H2,1-2H3;;1-3H/q-1;;. The molecule has 1 atom stereocenters. The zero-order valence-corrected chi connectivity index (χ0v) is 13.5. The van der Waals surface area contributed by atoms with Crippen LogP contribution < -0.4 is 0 Å². The number of rotatable bonds is 4. The van der Waals surface area contributed by atoms with E-state index in [1.807, 2.05) is 0 Å². The SMILES string of the molecule is OP(O)O.[CH2-]C(CC)CCCC.[Cd]. The van der Waals surface area contributed by atoms with Crippen LogP contribution >= 0.6 is 8.60 Å². The molecule has 78 valence electrons. The predicted molar refractivity (Wildman–Crippen MR) is 52.2 cm³/mol. The third-order valence-electron chi connectivity index (χ3n) is 1.54. The van der Waals surface area contributed by atoms with Crippen LogP contribution in [-0.4, -0.2) is 14.7 Å². The summed E-state index contributed by atoms with van der Waals surface area (Å²) < 4.78 is 0. The van der Waals surface area contributed by atoms with E-state index >= 15 is 0 Å². The molecule has 0 radical (unpaired) electrons. The molecule has 0 bridgehead atoms. The molecule has 0 aliphatic carbocycles. The first-order chi connectivity index (χ1) is 5.54. The minimum absolute atomic E-state index is 0. The summed E-state index contributed by atoms with van der Waals surface area (Å²) in [5, 5.41) is 0. The van der Waals surface area contributed by atoms with Gasteiger partial charge in [-0.25, -0.2) is 0 Å². The van der Waals surface area contributed by atoms with Gasteiger partial charge >= 0.3 is 8.60 Å². The number of hydrogen-bond acceptors (Lipinski definition) is 3. The Morgan fingerprint density at radius 3 is 1.85 bits per heavy atom. The molecule has 0 amide bonds. The third-order valence-corrected chi connectivity index (χ3v) is 1.54. The largest absolute Gasteiger partial charge is 0.340 e. The maximum Gasteiger partial charge on any atom is 0.324 e. The second-order valence-corrected chi connectivity index (χ2v) is 3.22. The van der Waals surface area contributed by atoms with Gasteiger partial charge in [-0.2, -0.15) is 5.92 Å². The summed E-state index contributed by atoms with van der Waals surface area (Å²) in [6.07, 6.45) is 5.21. The molecule has 0 saturated heterocycles. The van der Waals surface area contributed by atoms with Crippen LogP contribution in [0.5, 0.6) is 0 Å². The zero-order valence-electron chi connectivity index (χ0n) is 8.61. The molecule has 0 rings (SSSR count). The predicted octanol–water partition coefficient (Wildman–Crippen LogP) is 2.22. The summed E-state index contributed by atoms with van der Waals surface area (Å²) in [5.74, 6) is 0.704. The van der Waals surface area contributed by atoms with Gasteiger partial charge in [-0.15, -0.1) is 0 Å². The molecule has 1 unspecified atom stereocenters.